The Morgan fingerprint density at radius 1 is 1.09 bits per heavy atom. The number of anilines is 2. The maximum absolute atomic E-state index is 12.5. The van der Waals surface area contributed by atoms with Gasteiger partial charge in [0.15, 0.2) is 0 Å². The van der Waals surface area contributed by atoms with Gasteiger partial charge in [-0.05, 0) is 73.8 Å². The SMILES string of the molecule is COc1cc(N2CCc3cc(-c4ccc(Cl)cc4)sc3C2)ccc1NC(=O)CN1CCCC1.Cl. The van der Waals surface area contributed by atoms with Gasteiger partial charge in [-0.2, -0.15) is 0 Å². The highest BCUT2D eigenvalue weighted by atomic mass is 35.5. The minimum Gasteiger partial charge on any atom is -0.494 e. The van der Waals surface area contributed by atoms with Crippen molar-refractivity contribution in [2.24, 2.45) is 0 Å². The van der Waals surface area contributed by atoms with Crippen molar-refractivity contribution in [2.45, 2.75) is 25.8 Å². The monoisotopic (exact) mass is 517 g/mol. The molecule has 180 valence electrons. The summed E-state index contributed by atoms with van der Waals surface area (Å²) in [6.07, 6.45) is 3.36. The molecule has 3 heterocycles. The number of carbonyl (C=O) groups is 1. The number of rotatable bonds is 6. The van der Waals surface area contributed by atoms with Crippen molar-refractivity contribution in [1.29, 1.82) is 0 Å². The molecule has 0 atom stereocenters. The van der Waals surface area contributed by atoms with E-state index in [9.17, 15) is 4.79 Å². The molecule has 8 heteroatoms. The highest BCUT2D eigenvalue weighted by molar-refractivity contribution is 7.15. The first-order valence-corrected chi connectivity index (χ1v) is 12.6. The van der Waals surface area contributed by atoms with E-state index in [2.05, 4.69) is 39.4 Å². The van der Waals surface area contributed by atoms with Crippen LogP contribution in [0.15, 0.2) is 48.5 Å². The van der Waals surface area contributed by atoms with Crippen LogP contribution in [0, 0.1) is 0 Å². The van der Waals surface area contributed by atoms with Crippen molar-refractivity contribution in [1.82, 2.24) is 4.90 Å². The number of fused-ring (bicyclic) bond motifs is 1. The van der Waals surface area contributed by atoms with Gasteiger partial charge >= 0.3 is 0 Å². The lowest BCUT2D eigenvalue weighted by atomic mass is 10.1. The first-order chi connectivity index (χ1) is 16.1. The van der Waals surface area contributed by atoms with E-state index in [-0.39, 0.29) is 18.3 Å². The lowest BCUT2D eigenvalue weighted by Crippen LogP contribution is -2.31. The number of halogens is 2. The topological polar surface area (TPSA) is 44.8 Å². The zero-order valence-electron chi connectivity index (χ0n) is 19.2. The van der Waals surface area contributed by atoms with Crippen LogP contribution in [-0.2, 0) is 17.8 Å². The summed E-state index contributed by atoms with van der Waals surface area (Å²) in [5.74, 6) is 0.708. The molecule has 1 fully saturated rings. The summed E-state index contributed by atoms with van der Waals surface area (Å²) in [5, 5.41) is 3.79. The Kier molecular flexibility index (Phi) is 8.04. The number of thiophene rings is 1. The number of hydrogen-bond acceptors (Lipinski definition) is 5. The molecule has 0 aliphatic carbocycles. The third-order valence-corrected chi connectivity index (χ3v) is 7.86. The summed E-state index contributed by atoms with van der Waals surface area (Å²) in [4.78, 5) is 19.7. The highest BCUT2D eigenvalue weighted by Crippen LogP contribution is 2.38. The summed E-state index contributed by atoms with van der Waals surface area (Å²) >= 11 is 7.90. The van der Waals surface area contributed by atoms with Gasteiger partial charge in [0.2, 0.25) is 5.91 Å². The van der Waals surface area contributed by atoms with Crippen LogP contribution in [0.4, 0.5) is 11.4 Å². The van der Waals surface area contributed by atoms with Crippen molar-refractivity contribution in [3.8, 4) is 16.2 Å². The number of amides is 1. The molecule has 5 rings (SSSR count). The van der Waals surface area contributed by atoms with Gasteiger partial charge in [-0.3, -0.25) is 9.69 Å². The number of methoxy groups -OCH3 is 1. The molecule has 1 amide bonds. The molecule has 34 heavy (non-hydrogen) atoms. The maximum Gasteiger partial charge on any atom is 0.238 e. The Hall–Kier alpha value is -2.25. The molecule has 1 saturated heterocycles. The average Bonchev–Trinajstić information content (AvgIpc) is 3.49. The molecule has 2 aliphatic rings. The quantitative estimate of drug-likeness (QED) is 0.429. The van der Waals surface area contributed by atoms with Crippen molar-refractivity contribution in [3.05, 3.63) is 64.0 Å². The van der Waals surface area contributed by atoms with E-state index in [1.165, 1.54) is 33.7 Å². The second-order valence-corrected chi connectivity index (χ2v) is 10.2. The van der Waals surface area contributed by atoms with E-state index in [4.69, 9.17) is 16.3 Å². The van der Waals surface area contributed by atoms with E-state index in [1.807, 2.05) is 35.6 Å². The fourth-order valence-corrected chi connectivity index (χ4v) is 5.97. The Labute approximate surface area is 216 Å². The predicted octanol–water partition coefficient (Wildman–Crippen LogP) is 6.10. The van der Waals surface area contributed by atoms with Gasteiger partial charge in [-0.15, -0.1) is 23.7 Å². The van der Waals surface area contributed by atoms with E-state index < -0.39 is 0 Å². The Bertz CT molecular complexity index is 1140. The zero-order chi connectivity index (χ0) is 22.8. The molecule has 0 bridgehead atoms. The van der Waals surface area contributed by atoms with E-state index in [0.717, 1.165) is 49.0 Å². The highest BCUT2D eigenvalue weighted by Gasteiger charge is 2.22. The smallest absolute Gasteiger partial charge is 0.238 e. The van der Waals surface area contributed by atoms with Crippen LogP contribution < -0.4 is 15.0 Å². The minimum absolute atomic E-state index is 0. The largest absolute Gasteiger partial charge is 0.494 e. The van der Waals surface area contributed by atoms with Gasteiger partial charge in [0.05, 0.1) is 25.9 Å². The number of ether oxygens (including phenoxy) is 1. The first kappa shape index (κ1) is 24.9. The Balaban J connectivity index is 0.00000274. The molecule has 0 spiro atoms. The van der Waals surface area contributed by atoms with Crippen LogP contribution in [-0.4, -0.2) is 44.1 Å². The summed E-state index contributed by atoms with van der Waals surface area (Å²) in [7, 11) is 1.65. The molecule has 0 radical (unpaired) electrons. The minimum atomic E-state index is 0. The number of nitrogens with one attached hydrogen (secondary N) is 1. The summed E-state index contributed by atoms with van der Waals surface area (Å²) < 4.78 is 5.63. The second-order valence-electron chi connectivity index (χ2n) is 8.65. The van der Waals surface area contributed by atoms with Gasteiger partial charge in [-0.25, -0.2) is 0 Å². The van der Waals surface area contributed by atoms with Crippen LogP contribution in [0.25, 0.3) is 10.4 Å². The molecular weight excluding hydrogens is 489 g/mol. The van der Waals surface area contributed by atoms with Crippen molar-refractivity contribution in [3.63, 3.8) is 0 Å². The van der Waals surface area contributed by atoms with E-state index in [0.29, 0.717) is 12.3 Å². The standard InChI is InChI=1S/C26H28ClN3O2S.ClH/c1-32-23-15-21(8-9-22(23)28-26(31)17-29-11-2-3-12-29)30-13-10-19-14-24(33-25(19)16-30)18-4-6-20(27)7-5-18;/h4-9,14-15H,2-3,10-13,16-17H2,1H3,(H,28,31);1H. The summed E-state index contributed by atoms with van der Waals surface area (Å²) in [5.41, 5.74) is 4.47. The molecule has 1 N–H and O–H groups in total. The maximum atomic E-state index is 12.5. The molecule has 3 aromatic rings. The third kappa shape index (κ3) is 5.52. The van der Waals surface area contributed by atoms with Gasteiger partial charge in [0.25, 0.3) is 0 Å². The number of hydrogen-bond donors (Lipinski definition) is 1. The van der Waals surface area contributed by atoms with E-state index in [1.54, 1.807) is 7.11 Å². The van der Waals surface area contributed by atoms with Crippen LogP contribution >= 0.6 is 35.3 Å². The van der Waals surface area contributed by atoms with Crippen LogP contribution in [0.5, 0.6) is 5.75 Å². The molecular formula is C26H29Cl2N3O2S. The van der Waals surface area contributed by atoms with Crippen LogP contribution in [0.2, 0.25) is 5.02 Å². The number of likely N-dealkylation sites (tertiary alicyclic amines) is 1. The predicted molar refractivity (Wildman–Crippen MR) is 144 cm³/mol. The lowest BCUT2D eigenvalue weighted by Gasteiger charge is -2.29. The van der Waals surface area contributed by atoms with Gasteiger partial charge in [0, 0.05) is 33.1 Å². The Morgan fingerprint density at radius 3 is 2.59 bits per heavy atom. The third-order valence-electron chi connectivity index (χ3n) is 6.40. The fourth-order valence-electron chi connectivity index (χ4n) is 4.61. The zero-order valence-corrected chi connectivity index (χ0v) is 21.6. The van der Waals surface area contributed by atoms with Crippen LogP contribution in [0.1, 0.15) is 23.3 Å². The van der Waals surface area contributed by atoms with Gasteiger partial charge in [-0.1, -0.05) is 23.7 Å². The average molecular weight is 519 g/mol. The van der Waals surface area contributed by atoms with Gasteiger partial charge in [0.1, 0.15) is 5.75 Å². The first-order valence-electron chi connectivity index (χ1n) is 11.4. The van der Waals surface area contributed by atoms with Crippen LogP contribution in [0.3, 0.4) is 0 Å². The second kappa shape index (κ2) is 11.0. The van der Waals surface area contributed by atoms with Gasteiger partial charge < -0.3 is 15.0 Å². The van der Waals surface area contributed by atoms with E-state index >= 15 is 0 Å². The molecule has 0 saturated carbocycles. The number of carbonyl (C=O) groups excluding carboxylic acids is 1. The molecule has 1 aromatic heterocycles. The molecule has 2 aliphatic heterocycles. The lowest BCUT2D eigenvalue weighted by molar-refractivity contribution is -0.117. The summed E-state index contributed by atoms with van der Waals surface area (Å²) in [6.45, 7) is 4.27. The Morgan fingerprint density at radius 2 is 1.85 bits per heavy atom. The molecule has 5 nitrogen and oxygen atoms in total. The molecule has 2 aromatic carbocycles. The number of nitrogens with zero attached hydrogens (tertiary/aromatic N) is 2. The molecule has 0 unspecified atom stereocenters. The van der Waals surface area contributed by atoms with Crippen molar-refractivity contribution < 1.29 is 9.53 Å². The van der Waals surface area contributed by atoms with Crippen molar-refractivity contribution in [2.75, 3.05) is 43.5 Å². The number of benzene rings is 2. The normalized spacial score (nSPS) is 15.5. The summed E-state index contributed by atoms with van der Waals surface area (Å²) in [6, 6.07) is 16.4. The fraction of sp³-hybridized carbons (Fsp3) is 0.346. The van der Waals surface area contributed by atoms with Crippen molar-refractivity contribution >= 4 is 52.6 Å².